The minimum atomic E-state index is -0.840. The Morgan fingerprint density at radius 2 is 1.32 bits per heavy atom. The molecule has 4 rings (SSSR count). The molecule has 0 N–H and O–H groups in total. The van der Waals surface area contributed by atoms with Crippen LogP contribution in [-0.2, 0) is 30.3 Å². The number of thioether (sulfide) groups is 1. The Balaban J connectivity index is 1.55. The van der Waals surface area contributed by atoms with Gasteiger partial charge in [-0.25, -0.2) is 9.59 Å². The lowest BCUT2D eigenvalue weighted by molar-refractivity contribution is -0.152. The first-order valence-electron chi connectivity index (χ1n) is 12.3. The maximum absolute atomic E-state index is 13.1. The van der Waals surface area contributed by atoms with Crippen LogP contribution in [-0.4, -0.2) is 47.4 Å². The molecule has 0 spiro atoms. The summed E-state index contributed by atoms with van der Waals surface area (Å²) in [6, 6.07) is 23.6. The lowest BCUT2D eigenvalue weighted by Gasteiger charge is -2.25. The highest BCUT2D eigenvalue weighted by atomic mass is 32.2. The van der Waals surface area contributed by atoms with Crippen molar-refractivity contribution in [3.05, 3.63) is 107 Å². The fraction of sp³-hybridized carbons (Fsp3) is 0.300. The third-order valence-electron chi connectivity index (χ3n) is 6.03. The Kier molecular flexibility index (Phi) is 9.20. The van der Waals surface area contributed by atoms with Crippen molar-refractivity contribution in [1.29, 1.82) is 0 Å². The van der Waals surface area contributed by atoms with E-state index in [0.717, 1.165) is 16.7 Å². The molecule has 1 unspecified atom stereocenters. The molecule has 0 saturated carbocycles. The fourth-order valence-electron chi connectivity index (χ4n) is 3.98. The van der Waals surface area contributed by atoms with Gasteiger partial charge >= 0.3 is 17.9 Å². The van der Waals surface area contributed by atoms with E-state index in [2.05, 4.69) is 0 Å². The number of ether oxygens (including phenoxy) is 4. The Labute approximate surface area is 226 Å². The maximum atomic E-state index is 13.1. The van der Waals surface area contributed by atoms with E-state index < -0.39 is 40.8 Å². The van der Waals surface area contributed by atoms with E-state index in [1.165, 1.54) is 18.7 Å². The maximum Gasteiger partial charge on any atom is 0.338 e. The average molecular weight is 535 g/mol. The van der Waals surface area contributed by atoms with Crippen LogP contribution in [0.15, 0.2) is 78.9 Å². The first-order chi connectivity index (χ1) is 18.3. The number of benzene rings is 3. The lowest BCUT2D eigenvalue weighted by Crippen LogP contribution is -2.41. The molecule has 198 valence electrons. The standard InChI is InChI=1S/C30H30O7S/c1-19-9-13-23(14-10-19)28(32)35-18-25-26(37-29(33)24-15-11-20(2)12-16-24)27(30(38-25)36-21(3)31)34-17-22-7-5-4-6-8-22/h4-16,25-27,30H,17-18H2,1-3H3/t25-,26+,27+,30?/m0/s1. The summed E-state index contributed by atoms with van der Waals surface area (Å²) in [7, 11) is 0. The highest BCUT2D eigenvalue weighted by molar-refractivity contribution is 8.00. The predicted octanol–water partition coefficient (Wildman–Crippen LogP) is 5.28. The van der Waals surface area contributed by atoms with Gasteiger partial charge in [0.25, 0.3) is 0 Å². The Morgan fingerprint density at radius 1 is 0.737 bits per heavy atom. The highest BCUT2D eigenvalue weighted by Crippen LogP contribution is 2.40. The number of esters is 3. The molecule has 1 fully saturated rings. The van der Waals surface area contributed by atoms with E-state index in [-0.39, 0.29) is 13.2 Å². The van der Waals surface area contributed by atoms with Crippen molar-refractivity contribution in [2.45, 2.75) is 50.3 Å². The van der Waals surface area contributed by atoms with Gasteiger partial charge in [0.2, 0.25) is 0 Å². The summed E-state index contributed by atoms with van der Waals surface area (Å²) >= 11 is 1.25. The predicted molar refractivity (Wildman–Crippen MR) is 144 cm³/mol. The molecule has 8 heteroatoms. The van der Waals surface area contributed by atoms with Gasteiger partial charge in [-0.05, 0) is 43.7 Å². The van der Waals surface area contributed by atoms with Crippen molar-refractivity contribution < 1.29 is 33.3 Å². The van der Waals surface area contributed by atoms with Crippen molar-refractivity contribution in [3.63, 3.8) is 0 Å². The third kappa shape index (κ3) is 7.24. The largest absolute Gasteiger partial charge is 0.461 e. The molecule has 0 radical (unpaired) electrons. The average Bonchev–Trinajstić information content (AvgIpc) is 3.22. The molecule has 3 aromatic rings. The van der Waals surface area contributed by atoms with Gasteiger partial charge in [-0.2, -0.15) is 0 Å². The van der Waals surface area contributed by atoms with Gasteiger partial charge in [0, 0.05) is 6.92 Å². The van der Waals surface area contributed by atoms with Gasteiger partial charge in [0.05, 0.1) is 23.0 Å². The molecular weight excluding hydrogens is 504 g/mol. The van der Waals surface area contributed by atoms with Crippen molar-refractivity contribution >= 4 is 29.7 Å². The van der Waals surface area contributed by atoms with Crippen LogP contribution in [0.3, 0.4) is 0 Å². The second-order valence-corrected chi connectivity index (χ2v) is 10.5. The zero-order valence-corrected chi connectivity index (χ0v) is 22.3. The van der Waals surface area contributed by atoms with Crippen LogP contribution in [0, 0.1) is 13.8 Å². The van der Waals surface area contributed by atoms with Crippen molar-refractivity contribution in [2.75, 3.05) is 6.61 Å². The molecule has 3 aromatic carbocycles. The molecule has 1 aliphatic rings. The van der Waals surface area contributed by atoms with E-state index in [9.17, 15) is 14.4 Å². The number of carbonyl (C=O) groups excluding carboxylic acids is 3. The second kappa shape index (κ2) is 12.8. The van der Waals surface area contributed by atoms with Gasteiger partial charge in [0.15, 0.2) is 5.44 Å². The summed E-state index contributed by atoms with van der Waals surface area (Å²) in [6.07, 6.45) is -1.62. The molecule has 0 aromatic heterocycles. The van der Waals surface area contributed by atoms with Crippen molar-refractivity contribution in [3.8, 4) is 0 Å². The zero-order valence-electron chi connectivity index (χ0n) is 21.5. The minimum absolute atomic E-state index is 0.0633. The number of carbonyl (C=O) groups is 3. The van der Waals surface area contributed by atoms with E-state index >= 15 is 0 Å². The van der Waals surface area contributed by atoms with E-state index in [4.69, 9.17) is 18.9 Å². The summed E-state index contributed by atoms with van der Waals surface area (Å²) in [5.41, 5.74) is 3.00. The number of rotatable bonds is 9. The van der Waals surface area contributed by atoms with Crippen LogP contribution in [0.25, 0.3) is 0 Å². The van der Waals surface area contributed by atoms with Crippen LogP contribution >= 0.6 is 11.8 Å². The number of hydrogen-bond donors (Lipinski definition) is 0. The zero-order chi connectivity index (χ0) is 27.1. The molecule has 38 heavy (non-hydrogen) atoms. The quantitative estimate of drug-likeness (QED) is 0.271. The first kappa shape index (κ1) is 27.4. The molecule has 0 bridgehead atoms. The van der Waals surface area contributed by atoms with Crippen LogP contribution in [0.4, 0.5) is 0 Å². The SMILES string of the molecule is CC(=O)OC1S[C@@H](COC(=O)c2ccc(C)cc2)[C@@H](OC(=O)c2ccc(C)cc2)[C@H]1OCc1ccccc1. The van der Waals surface area contributed by atoms with Gasteiger partial charge in [-0.1, -0.05) is 65.7 Å². The van der Waals surface area contributed by atoms with E-state index in [1.807, 2.05) is 68.4 Å². The van der Waals surface area contributed by atoms with Gasteiger partial charge in [-0.3, -0.25) is 4.79 Å². The van der Waals surface area contributed by atoms with E-state index in [0.29, 0.717) is 11.1 Å². The molecule has 7 nitrogen and oxygen atoms in total. The monoisotopic (exact) mass is 534 g/mol. The van der Waals surface area contributed by atoms with E-state index in [1.54, 1.807) is 24.3 Å². The molecule has 1 aliphatic heterocycles. The summed E-state index contributed by atoms with van der Waals surface area (Å²) < 4.78 is 23.3. The van der Waals surface area contributed by atoms with Gasteiger partial charge in [-0.15, -0.1) is 11.8 Å². The third-order valence-corrected chi connectivity index (χ3v) is 7.42. The number of hydrogen-bond acceptors (Lipinski definition) is 8. The minimum Gasteiger partial charge on any atom is -0.461 e. The molecule has 0 amide bonds. The number of aryl methyl sites for hydroxylation is 2. The molecular formula is C30H30O7S. The van der Waals surface area contributed by atoms with Crippen LogP contribution in [0.2, 0.25) is 0 Å². The molecule has 1 saturated heterocycles. The van der Waals surface area contributed by atoms with Crippen molar-refractivity contribution in [2.24, 2.45) is 0 Å². The molecule has 1 heterocycles. The second-order valence-electron chi connectivity index (χ2n) is 9.11. The first-order valence-corrected chi connectivity index (χ1v) is 13.2. The summed E-state index contributed by atoms with van der Waals surface area (Å²) in [5, 5.41) is -0.524. The fourth-order valence-corrected chi connectivity index (χ4v) is 5.42. The van der Waals surface area contributed by atoms with Crippen LogP contribution < -0.4 is 0 Å². The summed E-state index contributed by atoms with van der Waals surface area (Å²) in [4.78, 5) is 37.7. The smallest absolute Gasteiger partial charge is 0.338 e. The topological polar surface area (TPSA) is 88.1 Å². The lowest BCUT2D eigenvalue weighted by atomic mass is 10.1. The Hall–Kier alpha value is -3.62. The van der Waals surface area contributed by atoms with Crippen LogP contribution in [0.1, 0.15) is 44.3 Å². The molecule has 4 atom stereocenters. The Morgan fingerprint density at radius 3 is 1.89 bits per heavy atom. The van der Waals surface area contributed by atoms with Crippen LogP contribution in [0.5, 0.6) is 0 Å². The summed E-state index contributed by atoms with van der Waals surface area (Å²) in [5.74, 6) is -1.52. The summed E-state index contributed by atoms with van der Waals surface area (Å²) in [6.45, 7) is 5.33. The highest BCUT2D eigenvalue weighted by Gasteiger charge is 2.50. The van der Waals surface area contributed by atoms with Crippen molar-refractivity contribution in [1.82, 2.24) is 0 Å². The van der Waals surface area contributed by atoms with Gasteiger partial charge < -0.3 is 18.9 Å². The normalized spacial score (nSPS) is 20.5. The Bertz CT molecular complexity index is 1240. The molecule has 0 aliphatic carbocycles. The van der Waals surface area contributed by atoms with Gasteiger partial charge in [0.1, 0.15) is 18.8 Å².